The standard InChI is InChI=1S/C23H29FN2O4/c1-26(15-17-9-10-20(28-2)19(24)12-17)23(27)25-14-16-8-11-21(29-3)22(13-16)30-18-6-4-5-7-18/h8-13,18H,4-7,14-15H2,1-3H3,(H,25,27). The van der Waals surface area contributed by atoms with Crippen LogP contribution in [-0.4, -0.2) is 38.3 Å². The maximum atomic E-state index is 13.9. The summed E-state index contributed by atoms with van der Waals surface area (Å²) in [6.45, 7) is 0.635. The maximum absolute atomic E-state index is 13.9. The van der Waals surface area contributed by atoms with Crippen LogP contribution in [0.5, 0.6) is 17.2 Å². The van der Waals surface area contributed by atoms with E-state index in [1.165, 1.54) is 30.9 Å². The fourth-order valence-corrected chi connectivity index (χ4v) is 3.58. The molecule has 30 heavy (non-hydrogen) atoms. The molecule has 6 nitrogen and oxygen atoms in total. The molecule has 162 valence electrons. The second kappa shape index (κ2) is 10.2. The molecule has 0 saturated heterocycles. The lowest BCUT2D eigenvalue weighted by atomic mass is 10.2. The van der Waals surface area contributed by atoms with Gasteiger partial charge in [-0.05, 0) is 61.1 Å². The molecule has 0 bridgehead atoms. The Morgan fingerprint density at radius 3 is 2.37 bits per heavy atom. The van der Waals surface area contributed by atoms with E-state index in [1.54, 1.807) is 26.3 Å². The van der Waals surface area contributed by atoms with Crippen LogP contribution in [0.2, 0.25) is 0 Å². The number of amides is 2. The van der Waals surface area contributed by atoms with Crippen LogP contribution < -0.4 is 19.5 Å². The number of rotatable bonds is 8. The van der Waals surface area contributed by atoms with Crippen LogP contribution in [0.25, 0.3) is 0 Å². The molecule has 1 saturated carbocycles. The van der Waals surface area contributed by atoms with Gasteiger partial charge in [0.1, 0.15) is 0 Å². The average molecular weight is 416 g/mol. The minimum atomic E-state index is -0.447. The number of methoxy groups -OCH3 is 2. The molecule has 2 aromatic carbocycles. The summed E-state index contributed by atoms with van der Waals surface area (Å²) < 4.78 is 30.3. The fourth-order valence-electron chi connectivity index (χ4n) is 3.58. The second-order valence-corrected chi connectivity index (χ2v) is 7.49. The molecular formula is C23H29FN2O4. The lowest BCUT2D eigenvalue weighted by Gasteiger charge is -2.19. The second-order valence-electron chi connectivity index (χ2n) is 7.49. The average Bonchev–Trinajstić information content (AvgIpc) is 3.25. The van der Waals surface area contributed by atoms with Crippen LogP contribution >= 0.6 is 0 Å². The smallest absolute Gasteiger partial charge is 0.317 e. The summed E-state index contributed by atoms with van der Waals surface area (Å²) in [7, 11) is 4.70. The first-order valence-electron chi connectivity index (χ1n) is 10.1. The molecule has 0 atom stereocenters. The van der Waals surface area contributed by atoms with Crippen molar-refractivity contribution in [2.75, 3.05) is 21.3 Å². The largest absolute Gasteiger partial charge is 0.494 e. The normalized spacial score (nSPS) is 13.7. The molecule has 0 unspecified atom stereocenters. The highest BCUT2D eigenvalue weighted by atomic mass is 19.1. The first-order chi connectivity index (χ1) is 14.5. The number of hydrogen-bond donors (Lipinski definition) is 1. The first kappa shape index (κ1) is 21.7. The van der Waals surface area contributed by atoms with E-state index in [0.29, 0.717) is 23.6 Å². The van der Waals surface area contributed by atoms with Gasteiger partial charge in [0.25, 0.3) is 0 Å². The number of urea groups is 1. The van der Waals surface area contributed by atoms with Crippen LogP contribution in [0.4, 0.5) is 9.18 Å². The minimum absolute atomic E-state index is 0.181. The van der Waals surface area contributed by atoms with Gasteiger partial charge >= 0.3 is 6.03 Å². The van der Waals surface area contributed by atoms with Gasteiger partial charge in [-0.15, -0.1) is 0 Å². The van der Waals surface area contributed by atoms with Gasteiger partial charge < -0.3 is 24.4 Å². The molecular weight excluding hydrogens is 387 g/mol. The number of nitrogens with one attached hydrogen (secondary N) is 1. The van der Waals surface area contributed by atoms with Gasteiger partial charge in [0.05, 0.1) is 20.3 Å². The lowest BCUT2D eigenvalue weighted by Crippen LogP contribution is -2.36. The molecule has 7 heteroatoms. The van der Waals surface area contributed by atoms with E-state index < -0.39 is 5.82 Å². The van der Waals surface area contributed by atoms with Crippen molar-refractivity contribution < 1.29 is 23.4 Å². The van der Waals surface area contributed by atoms with E-state index >= 15 is 0 Å². The highest BCUT2D eigenvalue weighted by Crippen LogP contribution is 2.32. The van der Waals surface area contributed by atoms with Crippen molar-refractivity contribution in [3.05, 3.63) is 53.3 Å². The van der Waals surface area contributed by atoms with Crippen molar-refractivity contribution in [3.8, 4) is 17.2 Å². The van der Waals surface area contributed by atoms with E-state index in [9.17, 15) is 9.18 Å². The molecule has 0 spiro atoms. The van der Waals surface area contributed by atoms with Crippen LogP contribution in [0.1, 0.15) is 36.8 Å². The third-order valence-corrected chi connectivity index (χ3v) is 5.25. The Bertz CT molecular complexity index is 868. The van der Waals surface area contributed by atoms with Crippen molar-refractivity contribution in [3.63, 3.8) is 0 Å². The van der Waals surface area contributed by atoms with Gasteiger partial charge in [-0.25, -0.2) is 9.18 Å². The van der Waals surface area contributed by atoms with Gasteiger partial charge in [-0.3, -0.25) is 0 Å². The SMILES string of the molecule is COc1ccc(CN(C)C(=O)NCc2ccc(OC)c(OC3CCCC3)c2)cc1F. The van der Waals surface area contributed by atoms with Crippen LogP contribution in [0, 0.1) is 5.82 Å². The molecule has 0 radical (unpaired) electrons. The summed E-state index contributed by atoms with van der Waals surface area (Å²) in [6, 6.07) is 10.1. The Hall–Kier alpha value is -2.96. The molecule has 1 aliphatic carbocycles. The topological polar surface area (TPSA) is 60.0 Å². The van der Waals surface area contributed by atoms with E-state index in [2.05, 4.69) is 5.32 Å². The zero-order chi connectivity index (χ0) is 21.5. The molecule has 2 aromatic rings. The van der Waals surface area contributed by atoms with Gasteiger partial charge in [0.2, 0.25) is 0 Å². The zero-order valence-corrected chi connectivity index (χ0v) is 17.7. The molecule has 0 heterocycles. The van der Waals surface area contributed by atoms with Gasteiger partial charge in [-0.2, -0.15) is 0 Å². The minimum Gasteiger partial charge on any atom is -0.494 e. The van der Waals surface area contributed by atoms with Gasteiger partial charge in [0.15, 0.2) is 23.1 Å². The predicted octanol–water partition coefficient (Wildman–Crippen LogP) is 4.51. The van der Waals surface area contributed by atoms with Crippen molar-refractivity contribution >= 4 is 6.03 Å². The Balaban J connectivity index is 1.57. The third-order valence-electron chi connectivity index (χ3n) is 5.25. The number of carbonyl (C=O) groups excluding carboxylic acids is 1. The number of hydrogen-bond acceptors (Lipinski definition) is 4. The van der Waals surface area contributed by atoms with E-state index in [4.69, 9.17) is 14.2 Å². The Kier molecular flexibility index (Phi) is 7.38. The molecule has 1 N–H and O–H groups in total. The van der Waals surface area contributed by atoms with Crippen molar-refractivity contribution in [2.24, 2.45) is 0 Å². The summed E-state index contributed by atoms with van der Waals surface area (Å²) in [4.78, 5) is 14.0. The number of nitrogens with zero attached hydrogens (tertiary/aromatic N) is 1. The van der Waals surface area contributed by atoms with Gasteiger partial charge in [-0.1, -0.05) is 12.1 Å². The summed E-state index contributed by atoms with van der Waals surface area (Å²) in [6.07, 6.45) is 4.71. The number of ether oxygens (including phenoxy) is 3. The highest BCUT2D eigenvalue weighted by molar-refractivity contribution is 5.73. The maximum Gasteiger partial charge on any atom is 0.317 e. The lowest BCUT2D eigenvalue weighted by molar-refractivity contribution is 0.200. The van der Waals surface area contributed by atoms with Crippen LogP contribution in [0.15, 0.2) is 36.4 Å². The molecule has 1 fully saturated rings. The van der Waals surface area contributed by atoms with Crippen molar-refractivity contribution in [2.45, 2.75) is 44.9 Å². The summed E-state index contributed by atoms with van der Waals surface area (Å²) >= 11 is 0. The summed E-state index contributed by atoms with van der Waals surface area (Å²) in [5.41, 5.74) is 1.60. The summed E-state index contributed by atoms with van der Waals surface area (Å²) in [5, 5.41) is 2.89. The van der Waals surface area contributed by atoms with E-state index in [1.807, 2.05) is 18.2 Å². The molecule has 0 aromatic heterocycles. The van der Waals surface area contributed by atoms with E-state index in [0.717, 1.165) is 18.4 Å². The first-order valence-corrected chi connectivity index (χ1v) is 10.1. The van der Waals surface area contributed by atoms with Crippen molar-refractivity contribution in [1.82, 2.24) is 10.2 Å². The Labute approximate surface area is 176 Å². The third kappa shape index (κ3) is 5.55. The monoisotopic (exact) mass is 416 g/mol. The number of benzene rings is 2. The Morgan fingerprint density at radius 2 is 1.70 bits per heavy atom. The molecule has 3 rings (SSSR count). The number of halogens is 1. The molecule has 2 amide bonds. The zero-order valence-electron chi connectivity index (χ0n) is 17.7. The van der Waals surface area contributed by atoms with Crippen LogP contribution in [0.3, 0.4) is 0 Å². The van der Waals surface area contributed by atoms with Gasteiger partial charge in [0, 0.05) is 20.1 Å². The molecule has 0 aliphatic heterocycles. The van der Waals surface area contributed by atoms with Crippen LogP contribution in [-0.2, 0) is 13.1 Å². The fraction of sp³-hybridized carbons (Fsp3) is 0.435. The highest BCUT2D eigenvalue weighted by Gasteiger charge is 2.19. The number of carbonyl (C=O) groups is 1. The summed E-state index contributed by atoms with van der Waals surface area (Å²) in [5.74, 6) is 1.13. The Morgan fingerprint density at radius 1 is 1.03 bits per heavy atom. The van der Waals surface area contributed by atoms with Crippen molar-refractivity contribution in [1.29, 1.82) is 0 Å². The van der Waals surface area contributed by atoms with E-state index in [-0.39, 0.29) is 24.4 Å². The predicted molar refractivity (Wildman–Crippen MR) is 113 cm³/mol. The quantitative estimate of drug-likeness (QED) is 0.688. The molecule has 1 aliphatic rings.